The van der Waals surface area contributed by atoms with E-state index in [1.165, 1.54) is 33.2 Å². The van der Waals surface area contributed by atoms with Crippen LogP contribution in [-0.2, 0) is 19.0 Å². The number of hydrogen-bond acceptors (Lipinski definition) is 5. The molecule has 1 aliphatic rings. The fourth-order valence-corrected chi connectivity index (χ4v) is 1.68. The number of carbonyl (C=O) groups excluding carboxylic acids is 2. The summed E-state index contributed by atoms with van der Waals surface area (Å²) >= 11 is 0. The Morgan fingerprint density at radius 2 is 1.81 bits per heavy atom. The SMILES string of the molecule is COCN1C(=O)N(C(C)=O)C(OC)C1OC. The van der Waals surface area contributed by atoms with Crippen molar-refractivity contribution < 1.29 is 23.8 Å². The topological polar surface area (TPSA) is 68.3 Å². The molecule has 2 atom stereocenters. The van der Waals surface area contributed by atoms with Gasteiger partial charge in [-0.05, 0) is 0 Å². The van der Waals surface area contributed by atoms with Gasteiger partial charge < -0.3 is 14.2 Å². The molecule has 0 aromatic rings. The molecule has 7 heteroatoms. The summed E-state index contributed by atoms with van der Waals surface area (Å²) in [7, 11) is 4.31. The van der Waals surface area contributed by atoms with Crippen molar-refractivity contribution in [3.63, 3.8) is 0 Å². The summed E-state index contributed by atoms with van der Waals surface area (Å²) in [5.74, 6) is -0.391. The molecule has 0 aromatic heterocycles. The second-order valence-electron chi connectivity index (χ2n) is 3.31. The van der Waals surface area contributed by atoms with Crippen LogP contribution in [0.15, 0.2) is 0 Å². The first kappa shape index (κ1) is 12.9. The Morgan fingerprint density at radius 1 is 1.25 bits per heavy atom. The molecule has 2 unspecified atom stereocenters. The average molecular weight is 232 g/mol. The molecule has 16 heavy (non-hydrogen) atoms. The van der Waals surface area contributed by atoms with E-state index < -0.39 is 24.4 Å². The highest BCUT2D eigenvalue weighted by Crippen LogP contribution is 2.24. The molecule has 0 radical (unpaired) electrons. The quantitative estimate of drug-likeness (QED) is 0.672. The average Bonchev–Trinajstić information content (AvgIpc) is 2.52. The van der Waals surface area contributed by atoms with E-state index in [0.717, 1.165) is 4.90 Å². The highest BCUT2D eigenvalue weighted by atomic mass is 16.6. The number of ether oxygens (including phenoxy) is 3. The Labute approximate surface area is 93.8 Å². The van der Waals surface area contributed by atoms with E-state index in [4.69, 9.17) is 14.2 Å². The predicted molar refractivity (Wildman–Crippen MR) is 53.2 cm³/mol. The van der Waals surface area contributed by atoms with Gasteiger partial charge in [0.1, 0.15) is 6.73 Å². The van der Waals surface area contributed by atoms with Gasteiger partial charge in [0, 0.05) is 28.3 Å². The second kappa shape index (κ2) is 5.24. The molecule has 0 bridgehead atoms. The van der Waals surface area contributed by atoms with Crippen LogP contribution in [0.1, 0.15) is 6.92 Å². The summed E-state index contributed by atoms with van der Waals surface area (Å²) in [5, 5.41) is 0. The van der Waals surface area contributed by atoms with E-state index in [0.29, 0.717) is 0 Å². The van der Waals surface area contributed by atoms with Gasteiger partial charge in [-0.2, -0.15) is 0 Å². The minimum absolute atomic E-state index is 0.0426. The third kappa shape index (κ3) is 2.01. The zero-order valence-corrected chi connectivity index (χ0v) is 9.80. The Bertz CT molecular complexity index is 283. The zero-order valence-electron chi connectivity index (χ0n) is 9.80. The van der Waals surface area contributed by atoms with Crippen LogP contribution in [0.3, 0.4) is 0 Å². The summed E-state index contributed by atoms with van der Waals surface area (Å²) in [6, 6.07) is -0.479. The molecule has 0 saturated carbocycles. The molecule has 0 spiro atoms. The van der Waals surface area contributed by atoms with Crippen LogP contribution in [0.5, 0.6) is 0 Å². The number of amides is 3. The molecule has 1 heterocycles. The maximum atomic E-state index is 11.9. The lowest BCUT2D eigenvalue weighted by Gasteiger charge is -2.23. The smallest absolute Gasteiger partial charge is 0.333 e. The van der Waals surface area contributed by atoms with E-state index in [2.05, 4.69) is 0 Å². The fourth-order valence-electron chi connectivity index (χ4n) is 1.68. The van der Waals surface area contributed by atoms with Crippen molar-refractivity contribution in [1.29, 1.82) is 0 Å². The number of hydrogen-bond donors (Lipinski definition) is 0. The van der Waals surface area contributed by atoms with Crippen molar-refractivity contribution in [2.75, 3.05) is 28.1 Å². The molecule has 1 rings (SSSR count). The first-order chi connectivity index (χ1) is 7.58. The second-order valence-corrected chi connectivity index (χ2v) is 3.31. The van der Waals surface area contributed by atoms with Crippen molar-refractivity contribution in [3.8, 4) is 0 Å². The van der Waals surface area contributed by atoms with Gasteiger partial charge in [0.25, 0.3) is 0 Å². The highest BCUT2D eigenvalue weighted by molar-refractivity contribution is 5.95. The van der Waals surface area contributed by atoms with Crippen LogP contribution in [0.25, 0.3) is 0 Å². The van der Waals surface area contributed by atoms with Crippen LogP contribution in [0.2, 0.25) is 0 Å². The first-order valence-corrected chi connectivity index (χ1v) is 4.73. The minimum Gasteiger partial charge on any atom is -0.364 e. The van der Waals surface area contributed by atoms with Gasteiger partial charge in [0.05, 0.1) is 0 Å². The van der Waals surface area contributed by atoms with Crippen LogP contribution in [0, 0.1) is 0 Å². The largest absolute Gasteiger partial charge is 0.364 e. The van der Waals surface area contributed by atoms with Crippen molar-refractivity contribution in [2.45, 2.75) is 19.4 Å². The van der Waals surface area contributed by atoms with Gasteiger partial charge >= 0.3 is 6.03 Å². The van der Waals surface area contributed by atoms with Crippen molar-refractivity contribution in [2.24, 2.45) is 0 Å². The Balaban J connectivity index is 2.97. The summed E-state index contributed by atoms with van der Waals surface area (Å²) in [6.45, 7) is 1.34. The van der Waals surface area contributed by atoms with Crippen molar-refractivity contribution in [3.05, 3.63) is 0 Å². The van der Waals surface area contributed by atoms with E-state index in [1.54, 1.807) is 0 Å². The number of carbonyl (C=O) groups is 2. The Morgan fingerprint density at radius 3 is 2.19 bits per heavy atom. The Kier molecular flexibility index (Phi) is 4.22. The van der Waals surface area contributed by atoms with Crippen LogP contribution >= 0.6 is 0 Å². The molecule has 7 nitrogen and oxygen atoms in total. The molecular formula is C9H16N2O5. The van der Waals surface area contributed by atoms with Crippen molar-refractivity contribution in [1.82, 2.24) is 9.80 Å². The molecule has 0 aromatic carbocycles. The standard InChI is InChI=1S/C9H16N2O5/c1-6(12)11-8(16-4)7(15-3)10(5-14-2)9(11)13/h7-8H,5H2,1-4H3. The predicted octanol–water partition coefficient (Wildman–Crippen LogP) is -0.181. The molecule has 3 amide bonds. The highest BCUT2D eigenvalue weighted by Gasteiger charge is 2.48. The fraction of sp³-hybridized carbons (Fsp3) is 0.778. The first-order valence-electron chi connectivity index (χ1n) is 4.73. The van der Waals surface area contributed by atoms with Crippen molar-refractivity contribution >= 4 is 11.9 Å². The molecule has 1 fully saturated rings. The van der Waals surface area contributed by atoms with Gasteiger partial charge in [-0.25, -0.2) is 9.69 Å². The Hall–Kier alpha value is -1.18. The summed E-state index contributed by atoms with van der Waals surface area (Å²) < 4.78 is 15.1. The molecule has 1 aliphatic heterocycles. The number of imide groups is 1. The van der Waals surface area contributed by atoms with Gasteiger partial charge in [-0.3, -0.25) is 9.69 Å². The van der Waals surface area contributed by atoms with Gasteiger partial charge in [0.15, 0.2) is 12.5 Å². The number of rotatable bonds is 4. The van der Waals surface area contributed by atoms with Crippen LogP contribution in [0.4, 0.5) is 4.79 Å². The van der Waals surface area contributed by atoms with Gasteiger partial charge in [0.2, 0.25) is 5.91 Å². The maximum absolute atomic E-state index is 11.9. The van der Waals surface area contributed by atoms with Gasteiger partial charge in [-0.1, -0.05) is 0 Å². The van der Waals surface area contributed by atoms with Crippen LogP contribution < -0.4 is 0 Å². The molecule has 0 N–H and O–H groups in total. The third-order valence-electron chi connectivity index (χ3n) is 2.35. The zero-order chi connectivity index (χ0) is 12.3. The summed E-state index contributed by atoms with van der Waals surface area (Å²) in [5.41, 5.74) is 0. The van der Waals surface area contributed by atoms with E-state index >= 15 is 0 Å². The molecule has 1 saturated heterocycles. The lowest BCUT2D eigenvalue weighted by atomic mass is 10.4. The lowest BCUT2D eigenvalue weighted by molar-refractivity contribution is -0.147. The van der Waals surface area contributed by atoms with Crippen LogP contribution in [-0.4, -0.2) is 62.3 Å². The third-order valence-corrected chi connectivity index (χ3v) is 2.35. The number of nitrogens with zero attached hydrogens (tertiary/aromatic N) is 2. The monoisotopic (exact) mass is 232 g/mol. The number of methoxy groups -OCH3 is 3. The van der Waals surface area contributed by atoms with Gasteiger partial charge in [-0.15, -0.1) is 0 Å². The van der Waals surface area contributed by atoms with E-state index in [-0.39, 0.29) is 6.73 Å². The lowest BCUT2D eigenvalue weighted by Crippen LogP contribution is -2.42. The molecule has 92 valence electrons. The number of urea groups is 1. The van der Waals surface area contributed by atoms with E-state index in [1.807, 2.05) is 0 Å². The summed E-state index contributed by atoms with van der Waals surface area (Å²) in [6.07, 6.45) is -1.40. The maximum Gasteiger partial charge on any atom is 0.333 e. The normalized spacial score (nSPS) is 25.4. The molecular weight excluding hydrogens is 216 g/mol. The summed E-state index contributed by atoms with van der Waals surface area (Å²) in [4.78, 5) is 25.5. The molecule has 0 aliphatic carbocycles. The minimum atomic E-state index is -0.745. The van der Waals surface area contributed by atoms with E-state index in [9.17, 15) is 9.59 Å².